The Morgan fingerprint density at radius 3 is 2.37 bits per heavy atom. The average Bonchev–Trinajstić information content (AvgIpc) is 2.56. The van der Waals surface area contributed by atoms with E-state index in [0.717, 1.165) is 6.07 Å². The van der Waals surface area contributed by atoms with Gasteiger partial charge in [0.05, 0.1) is 28.3 Å². The molecule has 0 unspecified atom stereocenters. The Morgan fingerprint density at radius 2 is 1.89 bits per heavy atom. The number of nitrogens with zero attached hydrogens (tertiary/aromatic N) is 2. The minimum Gasteiger partial charge on any atom is -0.396 e. The smallest absolute Gasteiger partial charge is 0.396 e. The van der Waals surface area contributed by atoms with Gasteiger partial charge in [0.2, 0.25) is 0 Å². The van der Waals surface area contributed by atoms with Crippen molar-refractivity contribution in [3.63, 3.8) is 0 Å². The number of nitrogen functional groups attached to an aromatic ring is 1. The number of anilines is 1. The van der Waals surface area contributed by atoms with E-state index in [1.165, 1.54) is 16.8 Å². The van der Waals surface area contributed by atoms with Crippen LogP contribution >= 0.6 is 15.9 Å². The van der Waals surface area contributed by atoms with Crippen LogP contribution in [0, 0.1) is 13.8 Å². The predicted octanol–water partition coefficient (Wildman–Crippen LogP) is 3.85. The van der Waals surface area contributed by atoms with Gasteiger partial charge in [-0.2, -0.15) is 18.3 Å². The number of aryl methyl sites for hydroxylation is 1. The fraction of sp³-hybridized carbons (Fsp3) is 0.250. The molecule has 1 aromatic heterocycles. The summed E-state index contributed by atoms with van der Waals surface area (Å²) >= 11 is 3.05. The quantitative estimate of drug-likeness (QED) is 0.861. The first kappa shape index (κ1) is 13.9. The minimum absolute atomic E-state index is 0.0343. The second kappa shape index (κ2) is 4.56. The van der Waals surface area contributed by atoms with Crippen LogP contribution in [0.4, 0.5) is 18.9 Å². The molecule has 0 aliphatic carbocycles. The second-order valence-corrected chi connectivity index (χ2v) is 5.07. The monoisotopic (exact) mass is 333 g/mol. The SMILES string of the molecule is Cc1nn(-c2ccc(Br)cc2C(F)(F)F)c(C)c1N. The molecule has 7 heteroatoms. The van der Waals surface area contributed by atoms with Crippen LogP contribution in [0.1, 0.15) is 17.0 Å². The molecule has 0 aliphatic rings. The van der Waals surface area contributed by atoms with Crippen molar-refractivity contribution >= 4 is 21.6 Å². The van der Waals surface area contributed by atoms with Crippen LogP contribution in [0.25, 0.3) is 5.69 Å². The lowest BCUT2D eigenvalue weighted by molar-refractivity contribution is -0.137. The van der Waals surface area contributed by atoms with Crippen molar-refractivity contribution in [3.05, 3.63) is 39.6 Å². The molecule has 0 radical (unpaired) electrons. The number of nitrogens with two attached hydrogens (primary N) is 1. The van der Waals surface area contributed by atoms with E-state index in [4.69, 9.17) is 5.73 Å². The van der Waals surface area contributed by atoms with Gasteiger partial charge in [-0.25, -0.2) is 4.68 Å². The van der Waals surface area contributed by atoms with Gasteiger partial charge in [-0.15, -0.1) is 0 Å². The van der Waals surface area contributed by atoms with Crippen LogP contribution in [-0.2, 0) is 6.18 Å². The molecule has 0 saturated carbocycles. The Balaban J connectivity index is 2.72. The summed E-state index contributed by atoms with van der Waals surface area (Å²) in [5.74, 6) is 0. The Labute approximate surface area is 116 Å². The van der Waals surface area contributed by atoms with Crippen LogP contribution in [-0.4, -0.2) is 9.78 Å². The number of rotatable bonds is 1. The van der Waals surface area contributed by atoms with Crippen LogP contribution in [0.5, 0.6) is 0 Å². The third-order valence-corrected chi connectivity index (χ3v) is 3.33. The number of halogens is 4. The van der Waals surface area contributed by atoms with Crippen molar-refractivity contribution in [1.82, 2.24) is 9.78 Å². The number of hydrogen-bond acceptors (Lipinski definition) is 2. The summed E-state index contributed by atoms with van der Waals surface area (Å²) < 4.78 is 40.8. The van der Waals surface area contributed by atoms with Crippen LogP contribution in [0.2, 0.25) is 0 Å². The molecule has 0 fully saturated rings. The fourth-order valence-corrected chi connectivity index (χ4v) is 2.17. The minimum atomic E-state index is -4.46. The van der Waals surface area contributed by atoms with Crippen LogP contribution < -0.4 is 5.73 Å². The van der Waals surface area contributed by atoms with Crippen molar-refractivity contribution in [3.8, 4) is 5.69 Å². The average molecular weight is 334 g/mol. The van der Waals surface area contributed by atoms with Gasteiger partial charge in [0.1, 0.15) is 0 Å². The first-order chi connectivity index (χ1) is 8.71. The molecule has 1 aromatic carbocycles. The lowest BCUT2D eigenvalue weighted by atomic mass is 10.1. The van der Waals surface area contributed by atoms with Crippen LogP contribution in [0.3, 0.4) is 0 Å². The normalized spacial score (nSPS) is 11.9. The molecule has 2 N–H and O–H groups in total. The molecule has 102 valence electrons. The van der Waals surface area contributed by atoms with Crippen molar-refractivity contribution in [1.29, 1.82) is 0 Å². The molecule has 0 atom stereocenters. The van der Waals surface area contributed by atoms with Crippen LogP contribution in [0.15, 0.2) is 22.7 Å². The van der Waals surface area contributed by atoms with Crippen molar-refractivity contribution in [2.75, 3.05) is 5.73 Å². The molecule has 1 heterocycles. The highest BCUT2D eigenvalue weighted by atomic mass is 79.9. The summed E-state index contributed by atoms with van der Waals surface area (Å²) in [5, 5.41) is 4.06. The highest BCUT2D eigenvalue weighted by molar-refractivity contribution is 9.10. The lowest BCUT2D eigenvalue weighted by Crippen LogP contribution is -2.12. The lowest BCUT2D eigenvalue weighted by Gasteiger charge is -2.14. The van der Waals surface area contributed by atoms with E-state index in [-0.39, 0.29) is 5.69 Å². The molecular weight excluding hydrogens is 323 g/mol. The van der Waals surface area contributed by atoms with Gasteiger partial charge in [-0.05, 0) is 32.0 Å². The maximum Gasteiger partial charge on any atom is 0.418 e. The number of hydrogen-bond donors (Lipinski definition) is 1. The zero-order valence-electron chi connectivity index (χ0n) is 10.2. The van der Waals surface area contributed by atoms with Gasteiger partial charge in [0.15, 0.2) is 0 Å². The Hall–Kier alpha value is -1.50. The number of aromatic nitrogens is 2. The Morgan fingerprint density at radius 1 is 1.26 bits per heavy atom. The van der Waals surface area contributed by atoms with Crippen molar-refractivity contribution in [2.45, 2.75) is 20.0 Å². The Bertz CT molecular complexity index is 632. The first-order valence-electron chi connectivity index (χ1n) is 5.40. The van der Waals surface area contributed by atoms with E-state index >= 15 is 0 Å². The fourth-order valence-electron chi connectivity index (χ4n) is 1.81. The molecule has 2 rings (SSSR count). The van der Waals surface area contributed by atoms with E-state index in [2.05, 4.69) is 21.0 Å². The van der Waals surface area contributed by atoms with E-state index in [1.54, 1.807) is 13.8 Å². The van der Waals surface area contributed by atoms with E-state index in [1.807, 2.05) is 0 Å². The zero-order valence-corrected chi connectivity index (χ0v) is 11.8. The highest BCUT2D eigenvalue weighted by Crippen LogP contribution is 2.36. The molecule has 3 nitrogen and oxygen atoms in total. The summed E-state index contributed by atoms with van der Waals surface area (Å²) in [6, 6.07) is 3.94. The molecule has 0 bridgehead atoms. The summed E-state index contributed by atoms with van der Waals surface area (Å²) in [4.78, 5) is 0. The van der Waals surface area contributed by atoms with E-state index in [9.17, 15) is 13.2 Å². The summed E-state index contributed by atoms with van der Waals surface area (Å²) in [5.41, 5.74) is 6.36. The van der Waals surface area contributed by atoms with Crippen molar-refractivity contribution < 1.29 is 13.2 Å². The highest BCUT2D eigenvalue weighted by Gasteiger charge is 2.35. The second-order valence-electron chi connectivity index (χ2n) is 4.16. The molecule has 0 aliphatic heterocycles. The van der Waals surface area contributed by atoms with Gasteiger partial charge < -0.3 is 5.73 Å². The van der Waals surface area contributed by atoms with Gasteiger partial charge >= 0.3 is 6.18 Å². The first-order valence-corrected chi connectivity index (χ1v) is 6.20. The van der Waals surface area contributed by atoms with Gasteiger partial charge in [-0.3, -0.25) is 0 Å². The van der Waals surface area contributed by atoms with Gasteiger partial charge in [0, 0.05) is 4.47 Å². The summed E-state index contributed by atoms with van der Waals surface area (Å²) in [6.07, 6.45) is -4.46. The standard InChI is InChI=1S/C12H11BrF3N3/c1-6-11(17)7(2)19(18-6)10-4-3-8(13)5-9(10)12(14,15)16/h3-5H,17H2,1-2H3. The van der Waals surface area contributed by atoms with Crippen molar-refractivity contribution in [2.24, 2.45) is 0 Å². The number of benzene rings is 1. The maximum atomic E-state index is 13.1. The topological polar surface area (TPSA) is 43.8 Å². The third-order valence-electron chi connectivity index (χ3n) is 2.84. The van der Waals surface area contributed by atoms with Gasteiger partial charge in [-0.1, -0.05) is 15.9 Å². The summed E-state index contributed by atoms with van der Waals surface area (Å²) in [6.45, 7) is 3.29. The maximum absolute atomic E-state index is 13.1. The molecule has 0 spiro atoms. The molecule has 0 saturated heterocycles. The summed E-state index contributed by atoms with van der Waals surface area (Å²) in [7, 11) is 0. The number of alkyl halides is 3. The zero-order chi connectivity index (χ0) is 14.4. The molecular formula is C12H11BrF3N3. The van der Waals surface area contributed by atoms with E-state index < -0.39 is 11.7 Å². The van der Waals surface area contributed by atoms with E-state index in [0.29, 0.717) is 21.5 Å². The predicted molar refractivity (Wildman–Crippen MR) is 70.2 cm³/mol. The molecule has 2 aromatic rings. The molecule has 19 heavy (non-hydrogen) atoms. The Kier molecular flexibility index (Phi) is 3.34. The largest absolute Gasteiger partial charge is 0.418 e. The third kappa shape index (κ3) is 2.47. The molecule has 0 amide bonds. The van der Waals surface area contributed by atoms with Gasteiger partial charge in [0.25, 0.3) is 0 Å².